The fraction of sp³-hybridized carbons (Fsp3) is 0.107. The first-order valence-electron chi connectivity index (χ1n) is 10.9. The molecule has 0 spiro atoms. The predicted molar refractivity (Wildman–Crippen MR) is 129 cm³/mol. The molecule has 0 amide bonds. The van der Waals surface area contributed by atoms with E-state index in [1.165, 1.54) is 5.56 Å². The van der Waals surface area contributed by atoms with Gasteiger partial charge in [0.2, 0.25) is 0 Å². The van der Waals surface area contributed by atoms with Crippen LogP contribution in [0.3, 0.4) is 0 Å². The zero-order chi connectivity index (χ0) is 21.8. The summed E-state index contributed by atoms with van der Waals surface area (Å²) in [7, 11) is 0. The van der Waals surface area contributed by atoms with Crippen LogP contribution in [0.4, 0.5) is 0 Å². The summed E-state index contributed by atoms with van der Waals surface area (Å²) in [5.74, 6) is 1.66. The van der Waals surface area contributed by atoms with E-state index in [-0.39, 0.29) is 0 Å². The van der Waals surface area contributed by atoms with E-state index in [9.17, 15) is 0 Å². The molecular weight excluding hydrogens is 392 g/mol. The summed E-state index contributed by atoms with van der Waals surface area (Å²) in [4.78, 5) is 4.24. The number of hydrogen-bond acceptors (Lipinski definition) is 3. The summed E-state index contributed by atoms with van der Waals surface area (Å²) >= 11 is 0. The molecule has 0 saturated carbocycles. The zero-order valence-corrected chi connectivity index (χ0v) is 18.0. The summed E-state index contributed by atoms with van der Waals surface area (Å²) in [5, 5.41) is 9.18. The van der Waals surface area contributed by atoms with Gasteiger partial charge in [0.15, 0.2) is 11.6 Å². The molecule has 0 atom stereocenters. The molecule has 0 fully saturated rings. The number of aromatic nitrogens is 4. The Morgan fingerprint density at radius 2 is 1.25 bits per heavy atom. The zero-order valence-electron chi connectivity index (χ0n) is 18.0. The third-order valence-electron chi connectivity index (χ3n) is 5.57. The molecule has 3 aromatic carbocycles. The highest BCUT2D eigenvalue weighted by molar-refractivity contribution is 5.69. The molecular formula is C28H24N4. The number of pyridine rings is 1. The molecule has 2 aromatic heterocycles. The third kappa shape index (κ3) is 3.95. The Kier molecular flexibility index (Phi) is 5.58. The molecule has 156 valence electrons. The van der Waals surface area contributed by atoms with Crippen molar-refractivity contribution in [3.63, 3.8) is 0 Å². The Bertz CT molecular complexity index is 1290. The molecule has 2 heterocycles. The van der Waals surface area contributed by atoms with Crippen LogP contribution in [-0.4, -0.2) is 19.7 Å². The molecule has 0 bridgehead atoms. The van der Waals surface area contributed by atoms with Crippen LogP contribution in [0.15, 0.2) is 103 Å². The number of hydrogen-bond donors (Lipinski definition) is 0. The highest BCUT2D eigenvalue weighted by Gasteiger charge is 2.17. The number of rotatable bonds is 6. The molecule has 0 aliphatic heterocycles. The van der Waals surface area contributed by atoms with Crippen molar-refractivity contribution < 1.29 is 0 Å². The van der Waals surface area contributed by atoms with Crippen molar-refractivity contribution in [2.75, 3.05) is 0 Å². The van der Waals surface area contributed by atoms with Gasteiger partial charge in [0.1, 0.15) is 0 Å². The summed E-state index contributed by atoms with van der Waals surface area (Å²) in [6.07, 6.45) is 5.89. The van der Waals surface area contributed by atoms with Gasteiger partial charge >= 0.3 is 0 Å². The average Bonchev–Trinajstić information content (AvgIpc) is 3.31. The molecule has 0 aliphatic rings. The average molecular weight is 417 g/mol. The van der Waals surface area contributed by atoms with Gasteiger partial charge in [0, 0.05) is 29.2 Å². The summed E-state index contributed by atoms with van der Waals surface area (Å²) < 4.78 is 2.14. The topological polar surface area (TPSA) is 43.6 Å². The van der Waals surface area contributed by atoms with E-state index < -0.39 is 0 Å². The number of aryl methyl sites for hydroxylation is 1. The Balaban J connectivity index is 1.61. The van der Waals surface area contributed by atoms with E-state index in [4.69, 9.17) is 0 Å². The minimum atomic E-state index is 0.826. The molecule has 4 nitrogen and oxygen atoms in total. The maximum atomic E-state index is 4.60. The Hall–Kier alpha value is -4.05. The Morgan fingerprint density at radius 3 is 1.88 bits per heavy atom. The lowest BCUT2D eigenvalue weighted by atomic mass is 10.1. The quantitative estimate of drug-likeness (QED) is 0.313. The third-order valence-corrected chi connectivity index (χ3v) is 5.57. The van der Waals surface area contributed by atoms with Gasteiger partial charge in [0.05, 0.1) is 0 Å². The fourth-order valence-electron chi connectivity index (χ4n) is 3.94. The van der Waals surface area contributed by atoms with Gasteiger partial charge in [-0.3, -0.25) is 9.55 Å². The SMILES string of the molecule is CCCc1ccc(-c2nnc(-c3ccccc3)n2-c2ccc(-c3cccnc3)cc2)cc1. The van der Waals surface area contributed by atoms with Crippen molar-refractivity contribution >= 4 is 0 Å². The lowest BCUT2D eigenvalue weighted by molar-refractivity contribution is 0.922. The van der Waals surface area contributed by atoms with Crippen LogP contribution in [-0.2, 0) is 6.42 Å². The first-order valence-corrected chi connectivity index (χ1v) is 10.9. The van der Waals surface area contributed by atoms with Crippen molar-refractivity contribution in [3.8, 4) is 39.6 Å². The molecule has 0 N–H and O–H groups in total. The van der Waals surface area contributed by atoms with Gasteiger partial charge in [-0.05, 0) is 41.3 Å². The second-order valence-electron chi connectivity index (χ2n) is 7.78. The van der Waals surface area contributed by atoms with Gasteiger partial charge in [-0.1, -0.05) is 86.1 Å². The number of benzene rings is 3. The molecule has 0 saturated heterocycles. The minimum Gasteiger partial charge on any atom is -0.275 e. The highest BCUT2D eigenvalue weighted by atomic mass is 15.3. The molecule has 0 unspecified atom stereocenters. The first kappa shape index (κ1) is 19.9. The molecule has 4 heteroatoms. The van der Waals surface area contributed by atoms with Crippen molar-refractivity contribution in [1.29, 1.82) is 0 Å². The van der Waals surface area contributed by atoms with Gasteiger partial charge in [-0.2, -0.15) is 0 Å². The van der Waals surface area contributed by atoms with Crippen molar-refractivity contribution in [3.05, 3.63) is 109 Å². The van der Waals surface area contributed by atoms with Gasteiger partial charge in [-0.25, -0.2) is 0 Å². The lowest BCUT2D eigenvalue weighted by Gasteiger charge is -2.12. The van der Waals surface area contributed by atoms with Crippen molar-refractivity contribution in [2.45, 2.75) is 19.8 Å². The molecule has 5 rings (SSSR count). The maximum Gasteiger partial charge on any atom is 0.168 e. The van der Waals surface area contributed by atoms with E-state index in [0.717, 1.165) is 52.4 Å². The summed E-state index contributed by atoms with van der Waals surface area (Å²) in [5.41, 5.74) is 6.67. The smallest absolute Gasteiger partial charge is 0.168 e. The molecule has 0 aliphatic carbocycles. The second-order valence-corrected chi connectivity index (χ2v) is 7.78. The van der Waals surface area contributed by atoms with E-state index in [1.54, 1.807) is 6.20 Å². The van der Waals surface area contributed by atoms with Gasteiger partial charge in [0.25, 0.3) is 0 Å². The van der Waals surface area contributed by atoms with Gasteiger partial charge in [-0.15, -0.1) is 10.2 Å². The maximum absolute atomic E-state index is 4.60. The van der Waals surface area contributed by atoms with Crippen LogP contribution >= 0.6 is 0 Å². The predicted octanol–water partition coefficient (Wildman–Crippen LogP) is 6.62. The van der Waals surface area contributed by atoms with Crippen LogP contribution in [0.1, 0.15) is 18.9 Å². The van der Waals surface area contributed by atoms with Crippen LogP contribution in [0, 0.1) is 0 Å². The molecule has 32 heavy (non-hydrogen) atoms. The first-order chi connectivity index (χ1) is 15.8. The van der Waals surface area contributed by atoms with Crippen molar-refractivity contribution in [2.24, 2.45) is 0 Å². The van der Waals surface area contributed by atoms with Crippen molar-refractivity contribution in [1.82, 2.24) is 19.7 Å². The van der Waals surface area contributed by atoms with Crippen LogP contribution in [0.5, 0.6) is 0 Å². The minimum absolute atomic E-state index is 0.826. The number of nitrogens with zero attached hydrogens (tertiary/aromatic N) is 4. The monoisotopic (exact) mass is 416 g/mol. The van der Waals surface area contributed by atoms with Gasteiger partial charge < -0.3 is 0 Å². The highest BCUT2D eigenvalue weighted by Crippen LogP contribution is 2.30. The summed E-state index contributed by atoms with van der Waals surface area (Å²) in [6, 6.07) is 31.4. The Labute approximate surface area is 188 Å². The normalized spacial score (nSPS) is 10.9. The largest absolute Gasteiger partial charge is 0.275 e. The Morgan fingerprint density at radius 1 is 0.625 bits per heavy atom. The standard InChI is InChI=1S/C28H24N4/c1-2-7-21-11-13-24(14-12-21)28-31-30-27(23-8-4-3-5-9-23)32(28)26-17-15-22(16-18-26)25-10-6-19-29-20-25/h3-6,8-20H,2,7H2,1H3. The second kappa shape index (κ2) is 8.98. The van der Waals surface area contributed by atoms with E-state index in [0.29, 0.717) is 0 Å². The van der Waals surface area contributed by atoms with E-state index in [1.807, 2.05) is 30.5 Å². The van der Waals surface area contributed by atoms with Crippen LogP contribution in [0.25, 0.3) is 39.6 Å². The lowest BCUT2D eigenvalue weighted by Crippen LogP contribution is -2.00. The van der Waals surface area contributed by atoms with E-state index in [2.05, 4.69) is 93.4 Å². The molecule has 5 aromatic rings. The van der Waals surface area contributed by atoms with E-state index >= 15 is 0 Å². The molecule has 0 radical (unpaired) electrons. The van der Waals surface area contributed by atoms with Crippen LogP contribution in [0.2, 0.25) is 0 Å². The summed E-state index contributed by atoms with van der Waals surface area (Å²) in [6.45, 7) is 2.20. The fourth-order valence-corrected chi connectivity index (χ4v) is 3.94. The van der Waals surface area contributed by atoms with Crippen LogP contribution < -0.4 is 0 Å².